The van der Waals surface area contributed by atoms with Gasteiger partial charge in [-0.15, -0.1) is 0 Å². The predicted molar refractivity (Wildman–Crippen MR) is 136 cm³/mol. The van der Waals surface area contributed by atoms with E-state index in [1.54, 1.807) is 11.0 Å². The highest BCUT2D eigenvalue weighted by Crippen LogP contribution is 2.37. The maximum atomic E-state index is 13.6. The molecule has 190 valence electrons. The summed E-state index contributed by atoms with van der Waals surface area (Å²) in [5, 5.41) is 0. The van der Waals surface area contributed by atoms with Crippen LogP contribution in [0.1, 0.15) is 52.4 Å². The zero-order chi connectivity index (χ0) is 25.1. The van der Waals surface area contributed by atoms with Crippen LogP contribution in [0.5, 0.6) is 11.5 Å². The van der Waals surface area contributed by atoms with Crippen molar-refractivity contribution in [2.24, 2.45) is 0 Å². The average molecular weight is 522 g/mol. The third-order valence-corrected chi connectivity index (χ3v) is 7.11. The Morgan fingerprint density at radius 1 is 1.09 bits per heavy atom. The molecule has 1 amide bonds. The molecule has 2 aliphatic rings. The Labute approximate surface area is 212 Å². The van der Waals surface area contributed by atoms with E-state index in [2.05, 4.69) is 35.0 Å². The van der Waals surface area contributed by atoms with Crippen molar-refractivity contribution in [1.29, 1.82) is 0 Å². The lowest BCUT2D eigenvalue weighted by molar-refractivity contribution is 0.0749. The minimum atomic E-state index is -2.63. The number of nitrogens with zero attached hydrogens (tertiary/aromatic N) is 3. The molecule has 2 aromatic carbocycles. The number of carbonyl (C=O) groups is 1. The van der Waals surface area contributed by atoms with Crippen LogP contribution in [0.4, 0.5) is 0 Å². The Morgan fingerprint density at radius 2 is 1.80 bits per heavy atom. The highest BCUT2D eigenvalue weighted by Gasteiger charge is 2.29. The summed E-state index contributed by atoms with van der Waals surface area (Å²) in [7, 11) is 2.14. The van der Waals surface area contributed by atoms with Crippen molar-refractivity contribution in [2.75, 3.05) is 33.2 Å². The molecule has 2 heterocycles. The van der Waals surface area contributed by atoms with E-state index in [-0.39, 0.29) is 41.2 Å². The van der Waals surface area contributed by atoms with Crippen LogP contribution in [-0.2, 0) is 31.0 Å². The molecule has 1 saturated heterocycles. The van der Waals surface area contributed by atoms with E-state index in [1.807, 2.05) is 13.8 Å². The van der Waals surface area contributed by atoms with E-state index in [0.29, 0.717) is 18.7 Å². The summed E-state index contributed by atoms with van der Waals surface area (Å²) in [5.41, 5.74) is 4.29. The fourth-order valence-corrected chi connectivity index (χ4v) is 5.09. The van der Waals surface area contributed by atoms with Crippen molar-refractivity contribution in [2.45, 2.75) is 39.4 Å². The van der Waals surface area contributed by atoms with Crippen LogP contribution >= 0.6 is 12.3 Å². The zero-order valence-electron chi connectivity index (χ0n) is 20.1. The maximum Gasteiger partial charge on any atom is 0.357 e. The molecule has 35 heavy (non-hydrogen) atoms. The van der Waals surface area contributed by atoms with Gasteiger partial charge in [0.2, 0.25) is 12.3 Å². The van der Waals surface area contributed by atoms with Crippen LogP contribution in [0.25, 0.3) is 0 Å². The summed E-state index contributed by atoms with van der Waals surface area (Å²) in [4.78, 5) is 20.0. The van der Waals surface area contributed by atoms with Crippen LogP contribution in [-0.4, -0.2) is 67.1 Å². The smallest absolute Gasteiger partial charge is 0.357 e. The molecule has 2 aromatic rings. The molecule has 0 saturated carbocycles. The molecule has 2 aliphatic heterocycles. The quantitative estimate of drug-likeness (QED) is 0.397. The molecule has 0 aliphatic carbocycles. The molecule has 9 nitrogen and oxygen atoms in total. The molecule has 0 aromatic heterocycles. The highest BCUT2D eigenvalue weighted by molar-refractivity contribution is 7.89. The summed E-state index contributed by atoms with van der Waals surface area (Å²) in [5.74, 6) is -0.128. The molecule has 1 unspecified atom stereocenters. The monoisotopic (exact) mass is 521 g/mol. The molecule has 1 fully saturated rings. The van der Waals surface area contributed by atoms with Crippen molar-refractivity contribution in [3.8, 4) is 11.5 Å². The average Bonchev–Trinajstić information content (AvgIpc) is 3.23. The summed E-state index contributed by atoms with van der Waals surface area (Å²) in [6, 6.07) is 9.38. The van der Waals surface area contributed by atoms with Gasteiger partial charge in [0.1, 0.15) is 5.75 Å². The van der Waals surface area contributed by atoms with Crippen LogP contribution in [0.2, 0.25) is 0 Å². The molecular weight excluding hydrogens is 490 g/mol. The number of carbonyl (C=O) groups excluding carboxylic acids is 1. The Bertz CT molecular complexity index is 1100. The van der Waals surface area contributed by atoms with Gasteiger partial charge in [-0.1, -0.05) is 32.0 Å². The lowest BCUT2D eigenvalue weighted by atomic mass is 9.98. The molecule has 0 spiro atoms. The largest absolute Gasteiger partial charge is 0.400 e. The number of amides is 1. The van der Waals surface area contributed by atoms with Gasteiger partial charge in [-0.25, -0.2) is 0 Å². The van der Waals surface area contributed by atoms with Crippen molar-refractivity contribution in [1.82, 2.24) is 14.7 Å². The first-order valence-electron chi connectivity index (χ1n) is 11.5. The lowest BCUT2D eigenvalue weighted by Gasteiger charge is -2.32. The Balaban J connectivity index is 1.55. The van der Waals surface area contributed by atoms with Gasteiger partial charge in [-0.05, 0) is 41.3 Å². The summed E-state index contributed by atoms with van der Waals surface area (Å²) < 4.78 is 40.1. The number of rotatable bonds is 8. The van der Waals surface area contributed by atoms with E-state index < -0.39 is 11.4 Å². The van der Waals surface area contributed by atoms with Gasteiger partial charge < -0.3 is 18.2 Å². The minimum Gasteiger partial charge on any atom is -0.400 e. The zero-order valence-corrected chi connectivity index (χ0v) is 21.7. The van der Waals surface area contributed by atoms with Crippen LogP contribution < -0.4 is 8.37 Å². The maximum absolute atomic E-state index is 13.6. The van der Waals surface area contributed by atoms with Gasteiger partial charge in [0.25, 0.3) is 5.91 Å². The Morgan fingerprint density at radius 3 is 2.46 bits per heavy atom. The topological polar surface area (TPSA) is 103 Å². The number of benzene rings is 2. The highest BCUT2D eigenvalue weighted by atomic mass is 32.2. The Kier molecular flexibility index (Phi) is 8.35. The molecule has 4 rings (SSSR count). The van der Waals surface area contributed by atoms with E-state index in [9.17, 15) is 13.6 Å². The summed E-state index contributed by atoms with van der Waals surface area (Å²) >= 11 is -2.46. The second-order valence-corrected chi connectivity index (χ2v) is 10.3. The number of hydrogen-bond donors (Lipinski definition) is 2. The van der Waals surface area contributed by atoms with E-state index in [1.165, 1.54) is 11.6 Å². The standard InChI is InChI=1S/C24H31N3O6S2/c1-16(2)20-11-21(23(33-35(30)31)12-22(20)32-34-29)24(28)27-14-18-5-4-17(10-19(18)15-27)13-26-8-6-25(3)7-9-26/h4-5,10-12,16,29H,6-9,13-15H2,1-3H3,(H,30,31). The normalized spacial score (nSPS) is 17.5. The SMILES string of the molecule is CC(C)c1cc(C(=O)N2Cc3ccc(CN4CCN(C)CC4)cc3C2)c(OS(=O)O)cc1OSO. The molecule has 0 radical (unpaired) electrons. The van der Waals surface area contributed by atoms with Crippen LogP contribution in [0, 0.1) is 0 Å². The fraction of sp³-hybridized carbons (Fsp3) is 0.458. The third kappa shape index (κ3) is 6.16. The van der Waals surface area contributed by atoms with Crippen molar-refractivity contribution in [3.05, 3.63) is 58.1 Å². The van der Waals surface area contributed by atoms with E-state index in [0.717, 1.165) is 43.9 Å². The van der Waals surface area contributed by atoms with Gasteiger partial charge >= 0.3 is 11.4 Å². The first-order valence-corrected chi connectivity index (χ1v) is 13.2. The van der Waals surface area contributed by atoms with Gasteiger partial charge in [0.15, 0.2) is 5.75 Å². The molecule has 11 heteroatoms. The van der Waals surface area contributed by atoms with Crippen molar-refractivity contribution >= 4 is 29.6 Å². The third-order valence-electron chi connectivity index (χ3n) is 6.53. The first-order chi connectivity index (χ1) is 16.7. The number of piperazine rings is 1. The molecule has 0 bridgehead atoms. The second-order valence-electron chi connectivity index (χ2n) is 9.34. The first kappa shape index (κ1) is 25.9. The van der Waals surface area contributed by atoms with Gasteiger partial charge in [0, 0.05) is 51.9 Å². The van der Waals surface area contributed by atoms with E-state index >= 15 is 0 Å². The number of likely N-dealkylation sites (N-methyl/N-ethyl adjacent to an activating group) is 1. The molecule has 2 N–H and O–H groups in total. The lowest BCUT2D eigenvalue weighted by Crippen LogP contribution is -2.43. The van der Waals surface area contributed by atoms with Gasteiger partial charge in [0.05, 0.1) is 5.56 Å². The van der Waals surface area contributed by atoms with Gasteiger partial charge in [-0.3, -0.25) is 18.8 Å². The predicted octanol–water partition coefficient (Wildman–Crippen LogP) is 3.73. The number of fused-ring (bicyclic) bond motifs is 1. The van der Waals surface area contributed by atoms with Crippen molar-refractivity contribution < 1.29 is 26.5 Å². The molecule has 1 atom stereocenters. The number of hydrogen-bond acceptors (Lipinski definition) is 8. The summed E-state index contributed by atoms with van der Waals surface area (Å²) in [6.45, 7) is 9.86. The van der Waals surface area contributed by atoms with Gasteiger partial charge in [-0.2, -0.15) is 4.21 Å². The van der Waals surface area contributed by atoms with Crippen LogP contribution in [0.3, 0.4) is 0 Å². The van der Waals surface area contributed by atoms with Crippen LogP contribution in [0.15, 0.2) is 30.3 Å². The Hall–Kier alpha value is -2.15. The summed E-state index contributed by atoms with van der Waals surface area (Å²) in [6.07, 6.45) is 0. The fourth-order valence-electron chi connectivity index (χ4n) is 4.58. The van der Waals surface area contributed by atoms with Crippen molar-refractivity contribution in [3.63, 3.8) is 0 Å². The van der Waals surface area contributed by atoms with E-state index in [4.69, 9.17) is 12.9 Å². The second kappa shape index (κ2) is 11.3. The molecular formula is C24H31N3O6S2. The minimum absolute atomic E-state index is 0.0229.